The van der Waals surface area contributed by atoms with Crippen molar-refractivity contribution >= 4 is 11.6 Å². The van der Waals surface area contributed by atoms with Gasteiger partial charge in [0.05, 0.1) is 19.3 Å². The minimum Gasteiger partial charge on any atom is -0.495 e. The van der Waals surface area contributed by atoms with E-state index >= 15 is 0 Å². The van der Waals surface area contributed by atoms with Gasteiger partial charge in [0, 0.05) is 32.2 Å². The molecule has 0 saturated carbocycles. The van der Waals surface area contributed by atoms with E-state index in [1.807, 2.05) is 12.1 Å². The Hall–Kier alpha value is -2.73. The third-order valence-electron chi connectivity index (χ3n) is 5.70. The number of methoxy groups -OCH3 is 1. The van der Waals surface area contributed by atoms with Crippen molar-refractivity contribution in [3.05, 3.63) is 59.7 Å². The Morgan fingerprint density at radius 2 is 1.97 bits per heavy atom. The molecule has 1 fully saturated rings. The molecule has 2 N–H and O–H groups in total. The molecule has 0 aromatic heterocycles. The molecule has 1 saturated heterocycles. The van der Waals surface area contributed by atoms with E-state index in [0.717, 1.165) is 56.5 Å². The highest BCUT2D eigenvalue weighted by molar-refractivity contribution is 5.80. The van der Waals surface area contributed by atoms with Crippen molar-refractivity contribution < 1.29 is 4.74 Å². The van der Waals surface area contributed by atoms with Crippen LogP contribution in [0.2, 0.25) is 0 Å². The fraction of sp³-hybridized carbons (Fsp3) is 0.480. The predicted octanol–water partition coefficient (Wildman–Crippen LogP) is 3.48. The lowest BCUT2D eigenvalue weighted by atomic mass is 10.1. The lowest BCUT2D eigenvalue weighted by Crippen LogP contribution is -2.44. The van der Waals surface area contributed by atoms with E-state index in [1.165, 1.54) is 11.1 Å². The van der Waals surface area contributed by atoms with Crippen LogP contribution in [-0.4, -0.2) is 57.2 Å². The zero-order valence-electron chi connectivity index (χ0n) is 19.4. The van der Waals surface area contributed by atoms with Gasteiger partial charge < -0.3 is 25.2 Å². The van der Waals surface area contributed by atoms with Crippen LogP contribution in [0.4, 0.5) is 5.69 Å². The van der Waals surface area contributed by atoms with Crippen LogP contribution in [0.3, 0.4) is 0 Å². The Kier molecular flexibility index (Phi) is 8.59. The minimum atomic E-state index is 0.354. The van der Waals surface area contributed by atoms with Crippen molar-refractivity contribution in [2.24, 2.45) is 4.99 Å². The third-order valence-corrected chi connectivity index (χ3v) is 5.70. The maximum absolute atomic E-state index is 5.54. The van der Waals surface area contributed by atoms with Gasteiger partial charge in [-0.1, -0.05) is 43.3 Å². The molecule has 6 heteroatoms. The molecular formula is C25H37N5O. The topological polar surface area (TPSA) is 52.1 Å². The van der Waals surface area contributed by atoms with Crippen molar-refractivity contribution in [3.8, 4) is 5.75 Å². The summed E-state index contributed by atoms with van der Waals surface area (Å²) in [6.45, 7) is 9.75. The van der Waals surface area contributed by atoms with E-state index in [-0.39, 0.29) is 0 Å². The number of anilines is 1. The number of benzene rings is 2. The summed E-state index contributed by atoms with van der Waals surface area (Å²) in [5.74, 6) is 1.81. The lowest BCUT2D eigenvalue weighted by molar-refractivity contribution is 0.345. The second-order valence-corrected chi connectivity index (χ2v) is 8.09. The van der Waals surface area contributed by atoms with E-state index in [4.69, 9.17) is 9.73 Å². The molecule has 1 aliphatic rings. The van der Waals surface area contributed by atoms with Gasteiger partial charge in [0.25, 0.3) is 0 Å². The van der Waals surface area contributed by atoms with Crippen LogP contribution in [0, 0.1) is 0 Å². The molecule has 3 rings (SSSR count). The van der Waals surface area contributed by atoms with Crippen LogP contribution in [-0.2, 0) is 13.1 Å². The molecule has 1 unspecified atom stereocenters. The largest absolute Gasteiger partial charge is 0.495 e. The smallest absolute Gasteiger partial charge is 0.191 e. The first-order valence-electron chi connectivity index (χ1n) is 11.3. The normalized spacial score (nSPS) is 16.6. The highest BCUT2D eigenvalue weighted by Gasteiger charge is 2.25. The zero-order chi connectivity index (χ0) is 22.1. The third kappa shape index (κ3) is 6.62. The van der Waals surface area contributed by atoms with E-state index in [0.29, 0.717) is 12.6 Å². The fourth-order valence-electron chi connectivity index (χ4n) is 3.92. The number of nitrogens with zero attached hydrogens (tertiary/aromatic N) is 3. The van der Waals surface area contributed by atoms with Crippen LogP contribution in [0.15, 0.2) is 53.5 Å². The Labute approximate surface area is 187 Å². The van der Waals surface area contributed by atoms with E-state index in [1.54, 1.807) is 7.11 Å². The van der Waals surface area contributed by atoms with Crippen LogP contribution in [0.5, 0.6) is 5.75 Å². The highest BCUT2D eigenvalue weighted by Crippen LogP contribution is 2.30. The van der Waals surface area contributed by atoms with Crippen molar-refractivity contribution in [2.75, 3.05) is 45.2 Å². The molecule has 168 valence electrons. The molecule has 1 atom stereocenters. The van der Waals surface area contributed by atoms with Gasteiger partial charge in [0.15, 0.2) is 5.96 Å². The summed E-state index contributed by atoms with van der Waals surface area (Å²) in [7, 11) is 3.88. The average Bonchev–Trinajstić information content (AvgIpc) is 3.26. The van der Waals surface area contributed by atoms with Gasteiger partial charge in [-0.3, -0.25) is 0 Å². The number of ether oxygens (including phenoxy) is 1. The zero-order valence-corrected chi connectivity index (χ0v) is 19.4. The quantitative estimate of drug-likeness (QED) is 0.478. The summed E-state index contributed by atoms with van der Waals surface area (Å²) in [5.41, 5.74) is 3.73. The molecule has 0 spiro atoms. The molecule has 1 aliphatic heterocycles. The molecular weight excluding hydrogens is 386 g/mol. The monoisotopic (exact) mass is 423 g/mol. The summed E-state index contributed by atoms with van der Waals surface area (Å²) in [5, 5.41) is 7.03. The van der Waals surface area contributed by atoms with Gasteiger partial charge in [-0.2, -0.15) is 0 Å². The number of rotatable bonds is 9. The van der Waals surface area contributed by atoms with E-state index in [2.05, 4.69) is 77.7 Å². The Balaban J connectivity index is 1.61. The molecule has 0 radical (unpaired) electrons. The van der Waals surface area contributed by atoms with Gasteiger partial charge in [0.2, 0.25) is 0 Å². The Morgan fingerprint density at radius 1 is 1.16 bits per heavy atom. The molecule has 6 nitrogen and oxygen atoms in total. The standard InChI is InChI=1S/C25H37N5O/c1-5-26-25(27-17-20-10-9-11-21(16-20)18-29(3)6-2)28-22-14-15-30(19-22)23-12-7-8-13-24(23)31-4/h7-13,16,22H,5-6,14-15,17-19H2,1-4H3,(H2,26,27,28). The predicted molar refractivity (Wildman–Crippen MR) is 130 cm³/mol. The maximum Gasteiger partial charge on any atom is 0.191 e. The molecule has 0 amide bonds. The lowest BCUT2D eigenvalue weighted by Gasteiger charge is -2.22. The average molecular weight is 424 g/mol. The first kappa shape index (κ1) is 22.9. The molecule has 0 aliphatic carbocycles. The van der Waals surface area contributed by atoms with Crippen molar-refractivity contribution in [1.82, 2.24) is 15.5 Å². The Morgan fingerprint density at radius 3 is 2.74 bits per heavy atom. The van der Waals surface area contributed by atoms with Crippen molar-refractivity contribution in [2.45, 2.75) is 39.4 Å². The number of para-hydroxylation sites is 2. The van der Waals surface area contributed by atoms with E-state index < -0.39 is 0 Å². The van der Waals surface area contributed by atoms with Crippen molar-refractivity contribution in [1.29, 1.82) is 0 Å². The van der Waals surface area contributed by atoms with Crippen LogP contribution >= 0.6 is 0 Å². The van der Waals surface area contributed by atoms with Gasteiger partial charge in [-0.15, -0.1) is 0 Å². The van der Waals surface area contributed by atoms with Gasteiger partial charge in [-0.25, -0.2) is 4.99 Å². The summed E-state index contributed by atoms with van der Waals surface area (Å²) < 4.78 is 5.54. The van der Waals surface area contributed by atoms with Crippen LogP contribution in [0.25, 0.3) is 0 Å². The molecule has 1 heterocycles. The summed E-state index contributed by atoms with van der Waals surface area (Å²) in [6, 6.07) is 17.3. The SMILES string of the molecule is CCNC(=NCc1cccc(CN(C)CC)c1)NC1CCN(c2ccccc2OC)C1. The summed E-state index contributed by atoms with van der Waals surface area (Å²) in [4.78, 5) is 9.55. The number of nitrogens with one attached hydrogen (secondary N) is 2. The van der Waals surface area contributed by atoms with Gasteiger partial charge >= 0.3 is 0 Å². The van der Waals surface area contributed by atoms with Gasteiger partial charge in [0.1, 0.15) is 5.75 Å². The Bertz CT molecular complexity index is 853. The first-order chi connectivity index (χ1) is 15.1. The fourth-order valence-corrected chi connectivity index (χ4v) is 3.92. The summed E-state index contributed by atoms with van der Waals surface area (Å²) in [6.07, 6.45) is 1.07. The summed E-state index contributed by atoms with van der Waals surface area (Å²) >= 11 is 0. The first-order valence-corrected chi connectivity index (χ1v) is 11.3. The van der Waals surface area contributed by atoms with Crippen molar-refractivity contribution in [3.63, 3.8) is 0 Å². The van der Waals surface area contributed by atoms with Gasteiger partial charge in [-0.05, 0) is 50.2 Å². The van der Waals surface area contributed by atoms with E-state index in [9.17, 15) is 0 Å². The number of hydrogen-bond donors (Lipinski definition) is 2. The molecule has 2 aromatic rings. The highest BCUT2D eigenvalue weighted by atomic mass is 16.5. The minimum absolute atomic E-state index is 0.354. The molecule has 0 bridgehead atoms. The number of aliphatic imine (C=N–C) groups is 1. The molecule has 2 aromatic carbocycles. The number of guanidine groups is 1. The second-order valence-electron chi connectivity index (χ2n) is 8.09. The molecule has 31 heavy (non-hydrogen) atoms. The number of hydrogen-bond acceptors (Lipinski definition) is 4. The van der Waals surface area contributed by atoms with Crippen LogP contribution < -0.4 is 20.3 Å². The maximum atomic E-state index is 5.54. The van der Waals surface area contributed by atoms with Crippen LogP contribution in [0.1, 0.15) is 31.4 Å². The second kappa shape index (κ2) is 11.6.